The first-order chi connectivity index (χ1) is 12.5. The molecule has 1 aliphatic rings. The summed E-state index contributed by atoms with van der Waals surface area (Å²) in [4.78, 5) is 30.1. The Bertz CT molecular complexity index is 812. The fraction of sp³-hybridized carbons (Fsp3) is 0.421. The lowest BCUT2D eigenvalue weighted by atomic mass is 10.1. The van der Waals surface area contributed by atoms with E-state index in [9.17, 15) is 14.7 Å². The number of rotatable bonds is 5. The van der Waals surface area contributed by atoms with Crippen LogP contribution >= 0.6 is 11.3 Å². The van der Waals surface area contributed by atoms with Crippen molar-refractivity contribution >= 4 is 23.2 Å². The molecule has 0 bridgehead atoms. The van der Waals surface area contributed by atoms with E-state index in [0.29, 0.717) is 31.7 Å². The molecule has 3 rings (SSSR count). The van der Waals surface area contributed by atoms with Crippen LogP contribution in [-0.2, 0) is 9.53 Å². The van der Waals surface area contributed by atoms with Crippen LogP contribution in [0.4, 0.5) is 0 Å². The zero-order chi connectivity index (χ0) is 18.7. The monoisotopic (exact) mass is 374 g/mol. The number of carboxylic acids is 1. The first-order valence-corrected chi connectivity index (χ1v) is 9.47. The molecule has 0 atom stereocenters. The highest BCUT2D eigenvalue weighted by Crippen LogP contribution is 2.28. The van der Waals surface area contributed by atoms with Gasteiger partial charge in [-0.15, -0.1) is 11.3 Å². The van der Waals surface area contributed by atoms with Gasteiger partial charge in [0.1, 0.15) is 17.2 Å². The fourth-order valence-electron chi connectivity index (χ4n) is 3.21. The average Bonchev–Trinajstić information content (AvgIpc) is 3.09. The van der Waals surface area contributed by atoms with Gasteiger partial charge < -0.3 is 14.7 Å². The van der Waals surface area contributed by atoms with E-state index in [0.717, 1.165) is 16.1 Å². The second-order valence-corrected chi connectivity index (χ2v) is 7.38. The van der Waals surface area contributed by atoms with E-state index in [-0.39, 0.29) is 18.5 Å². The van der Waals surface area contributed by atoms with Gasteiger partial charge in [-0.05, 0) is 32.3 Å². The van der Waals surface area contributed by atoms with E-state index in [1.165, 1.54) is 21.8 Å². The van der Waals surface area contributed by atoms with Crippen molar-refractivity contribution < 1.29 is 19.4 Å². The Labute approximate surface area is 156 Å². The minimum absolute atomic E-state index is 0.126. The first-order valence-electron chi connectivity index (χ1n) is 8.59. The Morgan fingerprint density at radius 3 is 2.69 bits per heavy atom. The van der Waals surface area contributed by atoms with Crippen molar-refractivity contribution in [2.24, 2.45) is 0 Å². The lowest BCUT2D eigenvalue weighted by Gasteiger charge is -2.32. The fourth-order valence-corrected chi connectivity index (χ4v) is 4.09. The molecule has 6 nitrogen and oxygen atoms in total. The van der Waals surface area contributed by atoms with Gasteiger partial charge in [0.25, 0.3) is 5.91 Å². The van der Waals surface area contributed by atoms with Crippen LogP contribution in [0, 0.1) is 13.8 Å². The standard InChI is InChI=1S/C19H22N2O4S/c1-12-3-4-15(13(2)9-12)18-20-16(11-26-18)19(24)21(10-17(22)23)14-5-7-25-8-6-14/h3-4,9,11,14H,5-8,10H2,1-2H3,(H,22,23). The summed E-state index contributed by atoms with van der Waals surface area (Å²) in [7, 11) is 0. The highest BCUT2D eigenvalue weighted by atomic mass is 32.1. The lowest BCUT2D eigenvalue weighted by Crippen LogP contribution is -2.46. The van der Waals surface area contributed by atoms with Crippen LogP contribution in [0.25, 0.3) is 10.6 Å². The van der Waals surface area contributed by atoms with Gasteiger partial charge in [-0.2, -0.15) is 0 Å². The number of aryl methyl sites for hydroxylation is 2. The summed E-state index contributed by atoms with van der Waals surface area (Å²) in [5.41, 5.74) is 3.57. The Morgan fingerprint density at radius 2 is 2.04 bits per heavy atom. The van der Waals surface area contributed by atoms with E-state index in [1.807, 2.05) is 26.0 Å². The molecule has 1 aliphatic heterocycles. The number of hydrogen-bond acceptors (Lipinski definition) is 5. The number of carboxylic acid groups (broad SMARTS) is 1. The molecule has 1 amide bonds. The van der Waals surface area contributed by atoms with Crippen LogP contribution < -0.4 is 0 Å². The number of amides is 1. The summed E-state index contributed by atoms with van der Waals surface area (Å²) in [6.07, 6.45) is 1.29. The number of nitrogens with zero attached hydrogens (tertiary/aromatic N) is 2. The SMILES string of the molecule is Cc1ccc(-c2nc(C(=O)N(CC(=O)O)C3CCOCC3)cs2)c(C)c1. The number of aliphatic carboxylic acids is 1. The molecule has 1 fully saturated rings. The van der Waals surface area contributed by atoms with Crippen molar-refractivity contribution in [2.75, 3.05) is 19.8 Å². The van der Waals surface area contributed by atoms with E-state index in [4.69, 9.17) is 4.74 Å². The van der Waals surface area contributed by atoms with Gasteiger partial charge in [-0.1, -0.05) is 23.8 Å². The molecule has 0 saturated carbocycles. The Hall–Kier alpha value is -2.25. The molecule has 138 valence electrons. The molecular formula is C19H22N2O4S. The maximum atomic E-state index is 12.9. The van der Waals surface area contributed by atoms with E-state index >= 15 is 0 Å². The van der Waals surface area contributed by atoms with Gasteiger partial charge in [0, 0.05) is 30.2 Å². The number of carbonyl (C=O) groups is 2. The molecule has 1 aromatic heterocycles. The van der Waals surface area contributed by atoms with Gasteiger partial charge >= 0.3 is 5.97 Å². The van der Waals surface area contributed by atoms with E-state index < -0.39 is 5.97 Å². The summed E-state index contributed by atoms with van der Waals surface area (Å²) in [5, 5.41) is 11.7. The number of carbonyl (C=O) groups excluding carboxylic acids is 1. The summed E-state index contributed by atoms with van der Waals surface area (Å²) in [5.74, 6) is -1.35. The van der Waals surface area contributed by atoms with Gasteiger partial charge in [-0.25, -0.2) is 4.98 Å². The van der Waals surface area contributed by atoms with Gasteiger partial charge in [0.2, 0.25) is 0 Å². The van der Waals surface area contributed by atoms with Crippen LogP contribution in [0.15, 0.2) is 23.6 Å². The van der Waals surface area contributed by atoms with Crippen molar-refractivity contribution in [3.8, 4) is 10.6 Å². The third-order valence-electron chi connectivity index (χ3n) is 4.53. The molecule has 0 unspecified atom stereocenters. The predicted molar refractivity (Wildman–Crippen MR) is 99.5 cm³/mol. The minimum atomic E-state index is -1.02. The van der Waals surface area contributed by atoms with Crippen molar-refractivity contribution in [1.82, 2.24) is 9.88 Å². The predicted octanol–water partition coefficient (Wildman–Crippen LogP) is 3.13. The quantitative estimate of drug-likeness (QED) is 0.870. The highest BCUT2D eigenvalue weighted by molar-refractivity contribution is 7.13. The van der Waals surface area contributed by atoms with Crippen LogP contribution in [0.3, 0.4) is 0 Å². The number of hydrogen-bond donors (Lipinski definition) is 1. The zero-order valence-electron chi connectivity index (χ0n) is 14.9. The smallest absolute Gasteiger partial charge is 0.323 e. The van der Waals surface area contributed by atoms with Crippen LogP contribution in [0.1, 0.15) is 34.5 Å². The van der Waals surface area contributed by atoms with Gasteiger partial charge in [0.15, 0.2) is 0 Å². The summed E-state index contributed by atoms with van der Waals surface area (Å²) >= 11 is 1.40. The summed E-state index contributed by atoms with van der Waals surface area (Å²) in [6.45, 7) is 4.81. The van der Waals surface area contributed by atoms with Crippen molar-refractivity contribution in [3.63, 3.8) is 0 Å². The van der Waals surface area contributed by atoms with Crippen LogP contribution in [0.2, 0.25) is 0 Å². The van der Waals surface area contributed by atoms with E-state index in [2.05, 4.69) is 11.1 Å². The van der Waals surface area contributed by atoms with Crippen molar-refractivity contribution in [3.05, 3.63) is 40.4 Å². The molecule has 1 aromatic carbocycles. The molecule has 0 radical (unpaired) electrons. The van der Waals surface area contributed by atoms with Gasteiger partial charge in [-0.3, -0.25) is 9.59 Å². The normalized spacial score (nSPS) is 15.0. The second-order valence-electron chi connectivity index (χ2n) is 6.53. The number of benzene rings is 1. The average molecular weight is 374 g/mol. The Balaban J connectivity index is 1.85. The molecule has 2 aromatic rings. The van der Waals surface area contributed by atoms with Crippen molar-refractivity contribution in [1.29, 1.82) is 0 Å². The molecule has 0 spiro atoms. The van der Waals surface area contributed by atoms with Crippen LogP contribution in [0.5, 0.6) is 0 Å². The van der Waals surface area contributed by atoms with Crippen molar-refractivity contribution in [2.45, 2.75) is 32.7 Å². The molecule has 1 N–H and O–H groups in total. The van der Waals surface area contributed by atoms with Gasteiger partial charge in [0.05, 0.1) is 0 Å². The molecule has 1 saturated heterocycles. The topological polar surface area (TPSA) is 79.7 Å². The number of thiazole rings is 1. The molecular weight excluding hydrogens is 352 g/mol. The maximum absolute atomic E-state index is 12.9. The third-order valence-corrected chi connectivity index (χ3v) is 5.41. The Morgan fingerprint density at radius 1 is 1.31 bits per heavy atom. The molecule has 26 heavy (non-hydrogen) atoms. The lowest BCUT2D eigenvalue weighted by molar-refractivity contribution is -0.138. The van der Waals surface area contributed by atoms with Crippen LogP contribution in [-0.4, -0.2) is 52.7 Å². The highest BCUT2D eigenvalue weighted by Gasteiger charge is 2.29. The minimum Gasteiger partial charge on any atom is -0.480 e. The maximum Gasteiger partial charge on any atom is 0.323 e. The Kier molecular flexibility index (Phi) is 5.68. The second kappa shape index (κ2) is 7.97. The molecule has 7 heteroatoms. The first kappa shape index (κ1) is 18.5. The third kappa shape index (κ3) is 4.11. The zero-order valence-corrected chi connectivity index (χ0v) is 15.7. The largest absolute Gasteiger partial charge is 0.480 e. The molecule has 0 aliphatic carbocycles. The molecule has 2 heterocycles. The summed E-state index contributed by atoms with van der Waals surface area (Å²) in [6, 6.07) is 5.98. The van der Waals surface area contributed by atoms with E-state index in [1.54, 1.807) is 5.38 Å². The summed E-state index contributed by atoms with van der Waals surface area (Å²) < 4.78 is 5.33. The number of aromatic nitrogens is 1. The number of ether oxygens (including phenoxy) is 1.